The first-order valence-electron chi connectivity index (χ1n) is 8.37. The molecule has 1 aliphatic rings. The fourth-order valence-corrected chi connectivity index (χ4v) is 2.56. The van der Waals surface area contributed by atoms with Gasteiger partial charge in [0.25, 0.3) is 5.91 Å². The lowest BCUT2D eigenvalue weighted by molar-refractivity contribution is -0.117. The Hall–Kier alpha value is -2.39. The topological polar surface area (TPSA) is 78.2 Å². The van der Waals surface area contributed by atoms with Gasteiger partial charge in [0.2, 0.25) is 0 Å². The molecular weight excluding hydrogens is 304 g/mol. The smallest absolute Gasteiger partial charge is 0.263 e. The van der Waals surface area contributed by atoms with E-state index in [0.717, 1.165) is 39.0 Å². The predicted molar refractivity (Wildman–Crippen MR) is 90.9 cm³/mol. The predicted octanol–water partition coefficient (Wildman–Crippen LogP) is 1.65. The average Bonchev–Trinajstić information content (AvgIpc) is 3.14. The standard InChI is InChI=1S/C18H24N4O2/c1-2-22(10-7-15-5-8-20-9-6-15)14-16(12-19)18(23)21-13-17-4-3-11-24-17/h5-6,8-9,14,17H,2-4,7,10-11,13H2,1H3,(H,21,23)/b16-14-. The molecular formula is C18H24N4O2. The molecule has 0 bridgehead atoms. The van der Waals surface area contributed by atoms with E-state index in [-0.39, 0.29) is 17.6 Å². The molecule has 0 spiro atoms. The lowest BCUT2D eigenvalue weighted by Crippen LogP contribution is -2.33. The Morgan fingerprint density at radius 3 is 2.96 bits per heavy atom. The van der Waals surface area contributed by atoms with Crippen LogP contribution in [0.5, 0.6) is 0 Å². The zero-order valence-corrected chi connectivity index (χ0v) is 14.1. The number of ether oxygens (including phenoxy) is 1. The van der Waals surface area contributed by atoms with Crippen LogP contribution in [0.4, 0.5) is 0 Å². The van der Waals surface area contributed by atoms with Crippen molar-refractivity contribution in [2.24, 2.45) is 0 Å². The van der Waals surface area contributed by atoms with Crippen LogP contribution in [0.1, 0.15) is 25.3 Å². The highest BCUT2D eigenvalue weighted by molar-refractivity contribution is 5.97. The molecule has 1 fully saturated rings. The Kier molecular flexibility index (Phi) is 7.24. The molecule has 1 amide bonds. The lowest BCUT2D eigenvalue weighted by Gasteiger charge is -2.19. The molecule has 6 nitrogen and oxygen atoms in total. The number of pyridine rings is 1. The fraction of sp³-hybridized carbons (Fsp3) is 0.500. The van der Waals surface area contributed by atoms with Crippen molar-refractivity contribution in [2.75, 3.05) is 26.2 Å². The van der Waals surface area contributed by atoms with E-state index in [1.165, 1.54) is 5.56 Å². The zero-order chi connectivity index (χ0) is 17.2. The second-order valence-corrected chi connectivity index (χ2v) is 5.73. The Bertz CT molecular complexity index is 589. The maximum Gasteiger partial charge on any atom is 0.263 e. The highest BCUT2D eigenvalue weighted by Crippen LogP contribution is 2.11. The van der Waals surface area contributed by atoms with Gasteiger partial charge in [0.1, 0.15) is 11.6 Å². The number of amides is 1. The molecule has 1 N–H and O–H groups in total. The van der Waals surface area contributed by atoms with Crippen molar-refractivity contribution in [2.45, 2.75) is 32.3 Å². The molecule has 1 unspecified atom stereocenters. The molecule has 2 heterocycles. The Labute approximate surface area is 143 Å². The number of carbonyl (C=O) groups excluding carboxylic acids is 1. The maximum atomic E-state index is 12.2. The van der Waals surface area contributed by atoms with Gasteiger partial charge in [-0.1, -0.05) is 0 Å². The summed E-state index contributed by atoms with van der Waals surface area (Å²) in [6, 6.07) is 5.94. The highest BCUT2D eigenvalue weighted by atomic mass is 16.5. The Balaban J connectivity index is 1.87. The molecule has 1 aromatic heterocycles. The van der Waals surface area contributed by atoms with E-state index < -0.39 is 0 Å². The number of carbonyl (C=O) groups is 1. The van der Waals surface area contributed by atoms with Crippen LogP contribution in [0.15, 0.2) is 36.3 Å². The minimum atomic E-state index is -0.338. The number of rotatable bonds is 8. The van der Waals surface area contributed by atoms with Gasteiger partial charge in [-0.15, -0.1) is 0 Å². The van der Waals surface area contributed by atoms with Gasteiger partial charge < -0.3 is 15.0 Å². The summed E-state index contributed by atoms with van der Waals surface area (Å²) in [4.78, 5) is 18.1. The third-order valence-corrected chi connectivity index (χ3v) is 4.03. The van der Waals surface area contributed by atoms with Crippen molar-refractivity contribution in [3.63, 3.8) is 0 Å². The van der Waals surface area contributed by atoms with E-state index in [1.54, 1.807) is 18.6 Å². The third-order valence-electron chi connectivity index (χ3n) is 4.03. The van der Waals surface area contributed by atoms with E-state index in [9.17, 15) is 10.1 Å². The summed E-state index contributed by atoms with van der Waals surface area (Å²) in [5.41, 5.74) is 1.31. The van der Waals surface area contributed by atoms with E-state index in [2.05, 4.69) is 10.3 Å². The van der Waals surface area contributed by atoms with Crippen LogP contribution in [0, 0.1) is 11.3 Å². The van der Waals surface area contributed by atoms with Crippen molar-refractivity contribution in [1.82, 2.24) is 15.2 Å². The molecule has 0 saturated carbocycles. The van der Waals surface area contributed by atoms with Gasteiger partial charge >= 0.3 is 0 Å². The van der Waals surface area contributed by atoms with Crippen LogP contribution in [0.2, 0.25) is 0 Å². The van der Waals surface area contributed by atoms with Crippen LogP contribution in [-0.4, -0.2) is 48.1 Å². The molecule has 128 valence electrons. The van der Waals surface area contributed by atoms with E-state index >= 15 is 0 Å². The summed E-state index contributed by atoms with van der Waals surface area (Å²) < 4.78 is 5.47. The molecule has 0 aromatic carbocycles. The molecule has 0 radical (unpaired) electrons. The van der Waals surface area contributed by atoms with E-state index in [1.807, 2.05) is 30.0 Å². The van der Waals surface area contributed by atoms with Gasteiger partial charge in [-0.25, -0.2) is 0 Å². The number of nitrogens with one attached hydrogen (secondary N) is 1. The molecule has 1 aliphatic heterocycles. The third kappa shape index (κ3) is 5.67. The Morgan fingerprint density at radius 2 is 2.33 bits per heavy atom. The monoisotopic (exact) mass is 328 g/mol. The molecule has 6 heteroatoms. The van der Waals surface area contributed by atoms with Crippen LogP contribution in [0.3, 0.4) is 0 Å². The number of aromatic nitrogens is 1. The van der Waals surface area contributed by atoms with Crippen molar-refractivity contribution in [3.8, 4) is 6.07 Å². The summed E-state index contributed by atoms with van der Waals surface area (Å²) in [5, 5.41) is 12.1. The highest BCUT2D eigenvalue weighted by Gasteiger charge is 2.18. The van der Waals surface area contributed by atoms with Gasteiger partial charge in [-0.2, -0.15) is 5.26 Å². The number of likely N-dealkylation sites (N-methyl/N-ethyl adjacent to an activating group) is 1. The van der Waals surface area contributed by atoms with Gasteiger partial charge in [-0.05, 0) is 43.9 Å². The van der Waals surface area contributed by atoms with Crippen LogP contribution >= 0.6 is 0 Å². The first-order valence-corrected chi connectivity index (χ1v) is 8.37. The van der Waals surface area contributed by atoms with Gasteiger partial charge in [-0.3, -0.25) is 9.78 Å². The normalized spacial score (nSPS) is 17.3. The number of hydrogen-bond acceptors (Lipinski definition) is 5. The average molecular weight is 328 g/mol. The van der Waals surface area contributed by atoms with Gasteiger partial charge in [0.05, 0.1) is 6.10 Å². The summed E-state index contributed by atoms with van der Waals surface area (Å²) >= 11 is 0. The molecule has 1 atom stereocenters. The zero-order valence-electron chi connectivity index (χ0n) is 14.1. The van der Waals surface area contributed by atoms with E-state index in [0.29, 0.717) is 6.54 Å². The fourth-order valence-electron chi connectivity index (χ4n) is 2.56. The van der Waals surface area contributed by atoms with Crippen LogP contribution < -0.4 is 5.32 Å². The molecule has 1 aromatic rings. The molecule has 0 aliphatic carbocycles. The molecule has 24 heavy (non-hydrogen) atoms. The summed E-state index contributed by atoms with van der Waals surface area (Å²) in [7, 11) is 0. The number of hydrogen-bond donors (Lipinski definition) is 1. The van der Waals surface area contributed by atoms with Crippen LogP contribution in [0.25, 0.3) is 0 Å². The maximum absolute atomic E-state index is 12.2. The largest absolute Gasteiger partial charge is 0.376 e. The van der Waals surface area contributed by atoms with Crippen molar-refractivity contribution in [3.05, 3.63) is 41.9 Å². The lowest BCUT2D eigenvalue weighted by atomic mass is 10.2. The minimum Gasteiger partial charge on any atom is -0.376 e. The number of nitriles is 1. The van der Waals surface area contributed by atoms with Crippen molar-refractivity contribution in [1.29, 1.82) is 5.26 Å². The van der Waals surface area contributed by atoms with Crippen molar-refractivity contribution < 1.29 is 9.53 Å². The summed E-state index contributed by atoms with van der Waals surface area (Å²) in [6.45, 7) is 4.68. The SMILES string of the molecule is CCN(/C=C(/C#N)C(=O)NCC1CCCO1)CCc1ccncc1. The van der Waals surface area contributed by atoms with Gasteiger partial charge in [0.15, 0.2) is 0 Å². The second kappa shape index (κ2) is 9.68. The number of nitrogens with zero attached hydrogens (tertiary/aromatic N) is 3. The van der Waals surface area contributed by atoms with E-state index in [4.69, 9.17) is 4.74 Å². The molecule has 1 saturated heterocycles. The first kappa shape index (κ1) is 18.0. The summed E-state index contributed by atoms with van der Waals surface area (Å²) in [5.74, 6) is -0.338. The molecule has 2 rings (SSSR count). The first-order chi connectivity index (χ1) is 11.7. The van der Waals surface area contributed by atoms with Gasteiger partial charge in [0, 0.05) is 44.8 Å². The van der Waals surface area contributed by atoms with Crippen molar-refractivity contribution >= 4 is 5.91 Å². The van der Waals surface area contributed by atoms with Crippen LogP contribution in [-0.2, 0) is 16.0 Å². The second-order valence-electron chi connectivity index (χ2n) is 5.73. The quantitative estimate of drug-likeness (QED) is 0.580. The Morgan fingerprint density at radius 1 is 1.54 bits per heavy atom. The summed E-state index contributed by atoms with van der Waals surface area (Å²) in [6.07, 6.45) is 8.07. The minimum absolute atomic E-state index is 0.0721.